The van der Waals surface area contributed by atoms with Gasteiger partial charge in [-0.15, -0.1) is 0 Å². The minimum absolute atomic E-state index is 0.0257. The Kier molecular flexibility index (Phi) is 21.4. The van der Waals surface area contributed by atoms with E-state index in [1.165, 1.54) is 52.0 Å². The Labute approximate surface area is 474 Å². The second-order valence-electron chi connectivity index (χ2n) is 21.2. The Hall–Kier alpha value is -7.41. The summed E-state index contributed by atoms with van der Waals surface area (Å²) in [5.41, 5.74) is -2.31. The van der Waals surface area contributed by atoms with Gasteiger partial charge < -0.3 is 69.6 Å². The van der Waals surface area contributed by atoms with E-state index in [-0.39, 0.29) is 67.0 Å². The fourth-order valence-electron chi connectivity index (χ4n) is 11.5. The van der Waals surface area contributed by atoms with Crippen molar-refractivity contribution < 1.29 is 96.4 Å². The predicted octanol–water partition coefficient (Wildman–Crippen LogP) is 3.27. The number of carboxylic acids is 1. The van der Waals surface area contributed by atoms with Crippen LogP contribution in [0.25, 0.3) is 0 Å². The number of hydrogen-bond acceptors (Lipinski definition) is 20. The zero-order valence-electron chi connectivity index (χ0n) is 46.9. The third kappa shape index (κ3) is 14.1. The van der Waals surface area contributed by atoms with Crippen molar-refractivity contribution in [2.24, 2.45) is 22.5 Å². The van der Waals surface area contributed by atoms with Gasteiger partial charge in [0.25, 0.3) is 11.9 Å². The van der Waals surface area contributed by atoms with E-state index >= 15 is 9.59 Å². The molecule has 0 radical (unpaired) electrons. The number of ether oxygens (including phenoxy) is 8. The molecule has 11 atom stereocenters. The molecular weight excluding hydrogens is 1070 g/mol. The minimum atomic E-state index is -2.50. The van der Waals surface area contributed by atoms with E-state index in [2.05, 4.69) is 10.6 Å². The summed E-state index contributed by atoms with van der Waals surface area (Å²) in [6.07, 6.45) is -12.0. The Morgan fingerprint density at radius 1 is 0.780 bits per heavy atom. The molecule has 0 aromatic heterocycles. The lowest BCUT2D eigenvalue weighted by Gasteiger charge is -2.67. The summed E-state index contributed by atoms with van der Waals surface area (Å²) in [7, 11) is 0. The number of carbonyl (C=O) groups excluding carboxylic acids is 8. The van der Waals surface area contributed by atoms with E-state index in [4.69, 9.17) is 53.5 Å². The average Bonchev–Trinajstić information content (AvgIpc) is 0.706. The van der Waals surface area contributed by atoms with E-state index < -0.39 is 137 Å². The molecule has 1 unspecified atom stereocenters. The van der Waals surface area contributed by atoms with E-state index in [9.17, 15) is 39.0 Å². The van der Waals surface area contributed by atoms with Crippen LogP contribution in [0, 0.1) is 16.7 Å². The van der Waals surface area contributed by atoms with Crippen LogP contribution in [-0.2, 0) is 71.5 Å². The number of aliphatic hydroxyl groups excluding tert-OH is 1. The lowest BCUT2D eigenvalue weighted by atomic mass is 9.44. The van der Waals surface area contributed by atoms with Gasteiger partial charge in [0.1, 0.15) is 30.0 Å². The molecule has 3 fully saturated rings. The number of nitrogens with one attached hydrogen (secondary N) is 2. The first-order chi connectivity index (χ1) is 38.8. The summed E-state index contributed by atoms with van der Waals surface area (Å²) in [5, 5.41) is 39.1. The molecule has 7 N–H and O–H groups in total. The maximum Gasteiger partial charge on any atom is 0.350 e. The fourth-order valence-corrected chi connectivity index (χ4v) is 11.5. The number of carbonyl (C=O) groups is 9. The van der Waals surface area contributed by atoms with Gasteiger partial charge in [0, 0.05) is 64.1 Å². The average molecular weight is 1140 g/mol. The van der Waals surface area contributed by atoms with Crippen molar-refractivity contribution in [3.8, 4) is 0 Å². The van der Waals surface area contributed by atoms with Gasteiger partial charge in [-0.05, 0) is 54.8 Å². The SMILES string of the molecule is CC(=O)O.CC(=O)O[C@H]1C(=O)[C@@]2(C)C([C@H](OC(=O)c3ccccc3)[C@]3(O)C[C@H](OC(=O)[C@H](OC(=O)CCC(=O)NCCOCCOCCN)[C@@H](NC(=O)c4ccccc4)c4ccccc4)C(C)=C1C3(C)C)[C@]1(OC(C)=O)CO[C@@H]1C[C@@H]2O. The van der Waals surface area contributed by atoms with Crippen molar-refractivity contribution >= 4 is 53.4 Å². The number of rotatable bonds is 22. The van der Waals surface area contributed by atoms with Gasteiger partial charge in [-0.2, -0.15) is 0 Å². The second kappa shape index (κ2) is 27.6. The van der Waals surface area contributed by atoms with E-state index in [1.807, 2.05) is 0 Å². The zero-order valence-corrected chi connectivity index (χ0v) is 46.9. The highest BCUT2D eigenvalue weighted by Crippen LogP contribution is 2.64. The number of carboxylic acid groups (broad SMARTS) is 1. The molecule has 3 aromatic carbocycles. The van der Waals surface area contributed by atoms with Crippen LogP contribution in [-0.4, -0.2) is 163 Å². The zero-order chi connectivity index (χ0) is 60.2. The van der Waals surface area contributed by atoms with E-state index in [0.717, 1.165) is 20.8 Å². The molecule has 2 saturated carbocycles. The number of fused-ring (bicyclic) bond motifs is 5. The molecule has 444 valence electrons. The van der Waals surface area contributed by atoms with Crippen LogP contribution in [0.5, 0.6) is 0 Å². The first-order valence-electron chi connectivity index (χ1n) is 26.9. The number of aliphatic hydroxyl groups is 2. The summed E-state index contributed by atoms with van der Waals surface area (Å²) in [4.78, 5) is 122. The normalized spacial score (nSPS) is 26.5. The summed E-state index contributed by atoms with van der Waals surface area (Å²) >= 11 is 0. The summed E-state index contributed by atoms with van der Waals surface area (Å²) < 4.78 is 47.5. The molecule has 82 heavy (non-hydrogen) atoms. The number of ketones is 1. The molecular formula is C59H73N3O20. The number of Topliss-reactive ketones (excluding diaryl/α,β-unsaturated/α-hetero) is 1. The van der Waals surface area contributed by atoms with Crippen molar-refractivity contribution in [1.82, 2.24) is 10.6 Å². The number of esters is 5. The summed E-state index contributed by atoms with van der Waals surface area (Å²) in [6, 6.07) is 22.4. The number of aliphatic carboxylic acids is 1. The Morgan fingerprint density at radius 3 is 1.93 bits per heavy atom. The maximum atomic E-state index is 15.8. The van der Waals surface area contributed by atoms with Crippen molar-refractivity contribution in [3.05, 3.63) is 119 Å². The van der Waals surface area contributed by atoms with Crippen LogP contribution in [0.4, 0.5) is 0 Å². The van der Waals surface area contributed by atoms with Gasteiger partial charge >= 0.3 is 29.8 Å². The van der Waals surface area contributed by atoms with Crippen molar-refractivity contribution in [1.29, 1.82) is 0 Å². The molecule has 2 bridgehead atoms. The topological polar surface area (TPSA) is 338 Å². The third-order valence-electron chi connectivity index (χ3n) is 15.5. The third-order valence-corrected chi connectivity index (χ3v) is 15.5. The first kappa shape index (κ1) is 63.8. The number of amides is 2. The molecule has 4 aliphatic rings. The molecule has 23 nitrogen and oxygen atoms in total. The molecule has 1 saturated heterocycles. The van der Waals surface area contributed by atoms with Gasteiger partial charge in [-0.3, -0.25) is 33.6 Å². The molecule has 3 aromatic rings. The Morgan fingerprint density at radius 2 is 1.37 bits per heavy atom. The van der Waals surface area contributed by atoms with Gasteiger partial charge in [0.15, 0.2) is 17.5 Å². The summed E-state index contributed by atoms with van der Waals surface area (Å²) in [6.45, 7) is 10.4. The van der Waals surface area contributed by atoms with Crippen LogP contribution in [0.3, 0.4) is 0 Å². The maximum absolute atomic E-state index is 15.8. The minimum Gasteiger partial charge on any atom is -0.481 e. The van der Waals surface area contributed by atoms with E-state index in [1.54, 1.807) is 66.7 Å². The fraction of sp³-hybridized carbons (Fsp3) is 0.508. The first-order valence-corrected chi connectivity index (χ1v) is 26.9. The molecule has 7 rings (SSSR count). The molecule has 0 spiro atoms. The molecule has 1 heterocycles. The Bertz CT molecular complexity index is 2830. The lowest BCUT2D eigenvalue weighted by Crippen LogP contribution is -2.82. The quantitative estimate of drug-likeness (QED) is 0.0364. The van der Waals surface area contributed by atoms with Crippen molar-refractivity contribution in [2.45, 2.75) is 128 Å². The van der Waals surface area contributed by atoms with Gasteiger partial charge in [-0.1, -0.05) is 80.6 Å². The highest BCUT2D eigenvalue weighted by Gasteiger charge is 2.78. The number of nitrogens with two attached hydrogens (primary N) is 1. The van der Waals surface area contributed by atoms with Gasteiger partial charge in [0.05, 0.1) is 62.5 Å². The predicted molar refractivity (Wildman–Crippen MR) is 288 cm³/mol. The molecule has 3 aliphatic carbocycles. The molecule has 2 amide bonds. The van der Waals surface area contributed by atoms with Crippen LogP contribution in [0.1, 0.15) is 106 Å². The standard InChI is InChI=1S/C57H69N3O18.C2H4O2/c1-33-39(75-53(69)47(76-43(65)23-22-42(64)59-25-27-72-29-28-71-26-24-58)45(36-16-10-7-11-17-36)60-51(67)37-18-12-8-13-19-37)31-57(70)50(77-52(68)38-20-14-9-15-21-38)48-55(6,40(63)30-41-56(48,32-73-41)78-35(3)62)49(66)46(74-34(2)61)44(33)54(57,4)5;1-2(3)4/h7-21,39-41,45-48,50,63,70H,22-32,58H2,1-6H3,(H,59,64)(H,60,67);1H3,(H,3,4)/t39-,40-,41+,45-,46+,47+,48?,50-,55+,56-,57+;/m0./s1. The van der Waals surface area contributed by atoms with Crippen LogP contribution in [0.2, 0.25) is 0 Å². The van der Waals surface area contributed by atoms with Crippen molar-refractivity contribution in [3.63, 3.8) is 0 Å². The number of benzene rings is 3. The Balaban J connectivity index is 0.00000261. The lowest BCUT2D eigenvalue weighted by molar-refractivity contribution is -0.346. The highest BCUT2D eigenvalue weighted by atomic mass is 16.6. The van der Waals surface area contributed by atoms with Gasteiger partial charge in [0.2, 0.25) is 12.0 Å². The van der Waals surface area contributed by atoms with Crippen molar-refractivity contribution in [2.75, 3.05) is 46.1 Å². The van der Waals surface area contributed by atoms with Crippen LogP contribution in [0.15, 0.2) is 102 Å². The molecule has 1 aliphatic heterocycles. The van der Waals surface area contributed by atoms with Crippen LogP contribution >= 0.6 is 0 Å². The van der Waals surface area contributed by atoms with Gasteiger partial charge in [-0.25, -0.2) is 9.59 Å². The smallest absolute Gasteiger partial charge is 0.350 e. The van der Waals surface area contributed by atoms with Crippen LogP contribution < -0.4 is 16.4 Å². The highest BCUT2D eigenvalue weighted by molar-refractivity contribution is 5.96. The summed E-state index contributed by atoms with van der Waals surface area (Å²) in [5.74, 6) is -9.66. The van der Waals surface area contributed by atoms with E-state index in [0.29, 0.717) is 19.8 Å². The monoisotopic (exact) mass is 1140 g/mol. The number of hydrogen-bond donors (Lipinski definition) is 6. The largest absolute Gasteiger partial charge is 0.481 e. The molecule has 23 heteroatoms. The second-order valence-corrected chi connectivity index (χ2v) is 21.2.